The number of carbonyl (C=O) groups excluding carboxylic acids is 2. The molecule has 0 aliphatic carbocycles. The number of anilines is 2. The zero-order valence-corrected chi connectivity index (χ0v) is 13.0. The average Bonchev–Trinajstić information content (AvgIpc) is 3.02. The van der Waals surface area contributed by atoms with E-state index in [1.54, 1.807) is 19.2 Å². The Bertz CT molecular complexity index is 923. The Kier molecular flexibility index (Phi) is 2.40. The van der Waals surface area contributed by atoms with Crippen LogP contribution in [-0.2, 0) is 15.0 Å². The summed E-state index contributed by atoms with van der Waals surface area (Å²) in [5, 5.41) is 2.84. The number of nitrogens with one attached hydrogen (secondary N) is 1. The summed E-state index contributed by atoms with van der Waals surface area (Å²) >= 11 is 0. The van der Waals surface area contributed by atoms with Crippen molar-refractivity contribution in [3.05, 3.63) is 47.5 Å². The molecule has 2 aromatic carbocycles. The fourth-order valence-corrected chi connectivity index (χ4v) is 3.87. The van der Waals surface area contributed by atoms with Crippen LogP contribution in [0.5, 0.6) is 11.5 Å². The molecule has 0 bridgehead atoms. The van der Waals surface area contributed by atoms with Crippen LogP contribution in [0.3, 0.4) is 0 Å². The van der Waals surface area contributed by atoms with E-state index in [1.165, 1.54) is 4.90 Å². The van der Waals surface area contributed by atoms with Gasteiger partial charge in [0.25, 0.3) is 5.91 Å². The van der Waals surface area contributed by atoms with Gasteiger partial charge in [-0.3, -0.25) is 9.59 Å². The van der Waals surface area contributed by atoms with Crippen LogP contribution in [0.4, 0.5) is 11.4 Å². The molecule has 120 valence electrons. The minimum Gasteiger partial charge on any atom is -0.486 e. The molecule has 1 atom stereocenters. The number of amides is 2. The van der Waals surface area contributed by atoms with Crippen molar-refractivity contribution in [2.45, 2.75) is 5.41 Å². The Balaban J connectivity index is 1.84. The van der Waals surface area contributed by atoms with Gasteiger partial charge in [0.15, 0.2) is 16.9 Å². The van der Waals surface area contributed by atoms with E-state index in [9.17, 15) is 9.59 Å². The molecule has 0 saturated heterocycles. The number of hydrogen-bond acceptors (Lipinski definition) is 4. The lowest BCUT2D eigenvalue weighted by atomic mass is 9.76. The van der Waals surface area contributed by atoms with Crippen molar-refractivity contribution < 1.29 is 19.1 Å². The average molecular weight is 322 g/mol. The van der Waals surface area contributed by atoms with E-state index in [0.29, 0.717) is 47.2 Å². The number of nitrogens with zero attached hydrogens (tertiary/aromatic N) is 1. The summed E-state index contributed by atoms with van der Waals surface area (Å²) in [7, 11) is 1.68. The van der Waals surface area contributed by atoms with Gasteiger partial charge >= 0.3 is 0 Å². The lowest BCUT2D eigenvalue weighted by molar-refractivity contribution is -0.129. The summed E-state index contributed by atoms with van der Waals surface area (Å²) in [5.41, 5.74) is 1.32. The third kappa shape index (κ3) is 1.37. The molecular formula is C18H14N2O4. The van der Waals surface area contributed by atoms with Gasteiger partial charge in [0.1, 0.15) is 13.2 Å². The molecule has 1 unspecified atom stereocenters. The maximum Gasteiger partial charge on any atom is 0.251 e. The van der Waals surface area contributed by atoms with E-state index >= 15 is 0 Å². The molecule has 2 aromatic rings. The van der Waals surface area contributed by atoms with E-state index < -0.39 is 5.41 Å². The number of rotatable bonds is 0. The topological polar surface area (TPSA) is 67.9 Å². The summed E-state index contributed by atoms with van der Waals surface area (Å²) in [6.45, 7) is 0.920. The van der Waals surface area contributed by atoms with Crippen molar-refractivity contribution in [2.75, 3.05) is 30.5 Å². The monoisotopic (exact) mass is 322 g/mol. The molecule has 5 rings (SSSR count). The number of ether oxygens (including phenoxy) is 2. The van der Waals surface area contributed by atoms with Crippen molar-refractivity contribution >= 4 is 23.2 Å². The molecule has 1 spiro atoms. The number of likely N-dealkylation sites (N-methyl/N-ethyl adjacent to an activating group) is 1. The van der Waals surface area contributed by atoms with Crippen LogP contribution in [0, 0.1) is 0 Å². The van der Waals surface area contributed by atoms with Crippen molar-refractivity contribution in [3.8, 4) is 11.5 Å². The van der Waals surface area contributed by atoms with Gasteiger partial charge in [-0.1, -0.05) is 18.2 Å². The van der Waals surface area contributed by atoms with Gasteiger partial charge in [-0.15, -0.1) is 0 Å². The first-order valence-corrected chi connectivity index (χ1v) is 7.77. The predicted octanol–water partition coefficient (Wildman–Crippen LogP) is 1.67. The molecule has 24 heavy (non-hydrogen) atoms. The maximum atomic E-state index is 13.2. The first-order chi connectivity index (χ1) is 11.6. The first-order valence-electron chi connectivity index (χ1n) is 7.77. The number of hydrogen-bond donors (Lipinski definition) is 1. The Labute approximate surface area is 138 Å². The van der Waals surface area contributed by atoms with E-state index in [0.717, 1.165) is 0 Å². The molecule has 1 N–H and O–H groups in total. The highest BCUT2D eigenvalue weighted by Gasteiger charge is 2.61. The van der Waals surface area contributed by atoms with E-state index in [4.69, 9.17) is 9.47 Å². The van der Waals surface area contributed by atoms with Crippen LogP contribution >= 0.6 is 0 Å². The van der Waals surface area contributed by atoms with Crippen LogP contribution in [-0.4, -0.2) is 32.1 Å². The van der Waals surface area contributed by atoms with Gasteiger partial charge in [-0.05, 0) is 12.1 Å². The lowest BCUT2D eigenvalue weighted by Gasteiger charge is -2.23. The Morgan fingerprint density at radius 2 is 1.75 bits per heavy atom. The normalized spacial score (nSPS) is 23.3. The van der Waals surface area contributed by atoms with Crippen LogP contribution in [0.25, 0.3) is 0 Å². The Morgan fingerprint density at radius 3 is 2.54 bits per heavy atom. The molecule has 3 aliphatic heterocycles. The molecule has 0 saturated carbocycles. The fourth-order valence-electron chi connectivity index (χ4n) is 3.87. The highest BCUT2D eigenvalue weighted by atomic mass is 16.6. The van der Waals surface area contributed by atoms with Gasteiger partial charge in [0.05, 0.1) is 5.69 Å². The van der Waals surface area contributed by atoms with Crippen molar-refractivity contribution in [1.82, 2.24) is 0 Å². The van der Waals surface area contributed by atoms with Crippen molar-refractivity contribution in [1.29, 1.82) is 0 Å². The smallest absolute Gasteiger partial charge is 0.251 e. The molecule has 0 fully saturated rings. The molecular weight excluding hydrogens is 308 g/mol. The second-order valence-electron chi connectivity index (χ2n) is 6.13. The largest absolute Gasteiger partial charge is 0.486 e. The zero-order valence-electron chi connectivity index (χ0n) is 13.0. The van der Waals surface area contributed by atoms with Crippen LogP contribution in [0.2, 0.25) is 0 Å². The Hall–Kier alpha value is -3.02. The highest BCUT2D eigenvalue weighted by molar-refractivity contribution is 6.30. The van der Waals surface area contributed by atoms with Crippen molar-refractivity contribution in [2.24, 2.45) is 0 Å². The molecule has 6 nitrogen and oxygen atoms in total. The third-order valence-corrected chi connectivity index (χ3v) is 4.97. The van der Waals surface area contributed by atoms with Gasteiger partial charge in [0.2, 0.25) is 5.91 Å². The Morgan fingerprint density at radius 1 is 1.04 bits per heavy atom. The number of para-hydroxylation sites is 1. The molecule has 3 heterocycles. The molecule has 3 aliphatic rings. The maximum absolute atomic E-state index is 13.2. The lowest BCUT2D eigenvalue weighted by Crippen LogP contribution is -2.44. The summed E-state index contributed by atoms with van der Waals surface area (Å²) < 4.78 is 11.3. The van der Waals surface area contributed by atoms with Crippen LogP contribution < -0.4 is 19.7 Å². The third-order valence-electron chi connectivity index (χ3n) is 4.97. The minimum atomic E-state index is -1.35. The summed E-state index contributed by atoms with van der Waals surface area (Å²) in [5.74, 6) is 0.585. The summed E-state index contributed by atoms with van der Waals surface area (Å²) in [6.07, 6.45) is 0. The van der Waals surface area contributed by atoms with Crippen molar-refractivity contribution in [3.63, 3.8) is 0 Å². The standard InChI is InChI=1S/C18H14N2O4/c1-20-13-9-15-14(23-6-7-24-15)8-11(13)18(17(20)22)10-4-2-3-5-12(10)19-16(18)21/h2-5,8-9H,6-7H2,1H3,(H,19,21). The second-order valence-corrected chi connectivity index (χ2v) is 6.13. The number of carbonyl (C=O) groups is 2. The molecule has 0 radical (unpaired) electrons. The summed E-state index contributed by atoms with van der Waals surface area (Å²) in [6, 6.07) is 10.9. The van der Waals surface area contributed by atoms with E-state index in [-0.39, 0.29) is 11.8 Å². The fraction of sp³-hybridized carbons (Fsp3) is 0.222. The highest BCUT2D eigenvalue weighted by Crippen LogP contribution is 2.54. The molecule has 6 heteroatoms. The minimum absolute atomic E-state index is 0.262. The van der Waals surface area contributed by atoms with E-state index in [1.807, 2.05) is 24.3 Å². The molecule has 2 amide bonds. The van der Waals surface area contributed by atoms with Gasteiger partial charge < -0.3 is 19.7 Å². The quantitative estimate of drug-likeness (QED) is 0.749. The van der Waals surface area contributed by atoms with E-state index in [2.05, 4.69) is 5.32 Å². The number of fused-ring (bicyclic) bond motifs is 5. The van der Waals surface area contributed by atoms with Crippen LogP contribution in [0.15, 0.2) is 36.4 Å². The van der Waals surface area contributed by atoms with Gasteiger partial charge in [-0.2, -0.15) is 0 Å². The predicted molar refractivity (Wildman–Crippen MR) is 86.7 cm³/mol. The van der Waals surface area contributed by atoms with Crippen LogP contribution in [0.1, 0.15) is 11.1 Å². The zero-order chi connectivity index (χ0) is 16.5. The second kappa shape index (κ2) is 4.29. The van der Waals surface area contributed by atoms with Gasteiger partial charge in [-0.25, -0.2) is 0 Å². The van der Waals surface area contributed by atoms with Gasteiger partial charge in [0, 0.05) is 29.9 Å². The first kappa shape index (κ1) is 13.4. The summed E-state index contributed by atoms with van der Waals surface area (Å²) in [4.78, 5) is 27.6. The SMILES string of the molecule is CN1C(=O)C2(C(=O)Nc3ccccc32)c2cc3c(cc21)OCCO3. The molecule has 0 aromatic heterocycles. The number of benzene rings is 2.